The van der Waals surface area contributed by atoms with Gasteiger partial charge in [0.15, 0.2) is 0 Å². The molecule has 5 heterocycles. The van der Waals surface area contributed by atoms with Gasteiger partial charge in [-0.15, -0.1) is 0 Å². The average molecular weight is 717 g/mol. The van der Waals surface area contributed by atoms with Gasteiger partial charge in [0.1, 0.15) is 11.6 Å². The van der Waals surface area contributed by atoms with Crippen molar-refractivity contribution in [2.24, 2.45) is 5.92 Å². The highest BCUT2D eigenvalue weighted by molar-refractivity contribution is 6.23. The van der Waals surface area contributed by atoms with Crippen molar-refractivity contribution < 1.29 is 41.9 Å². The SMILES string of the molecule is CC(C)(C(=O)Nc1ccc(C(F)(F)F)cc1C1CCOCC1)n1cc(C#CC2CN(c3ccc4c(c3)C(=O)N(C3CCC(=O)NC3=O)C4=O)C2)cn1. The summed E-state index contributed by atoms with van der Waals surface area (Å²) < 4.78 is 47.5. The Labute approximate surface area is 296 Å². The van der Waals surface area contributed by atoms with Crippen LogP contribution in [0.3, 0.4) is 0 Å². The van der Waals surface area contributed by atoms with E-state index in [9.17, 15) is 37.1 Å². The van der Waals surface area contributed by atoms with Crippen LogP contribution in [0.1, 0.15) is 82.9 Å². The molecule has 3 fully saturated rings. The molecule has 270 valence electrons. The van der Waals surface area contributed by atoms with Crippen molar-refractivity contribution in [3.05, 3.63) is 76.6 Å². The maximum atomic E-state index is 13.6. The second-order valence-corrected chi connectivity index (χ2v) is 13.9. The number of piperidine rings is 1. The van der Waals surface area contributed by atoms with Crippen molar-refractivity contribution in [3.8, 4) is 11.8 Å². The molecule has 2 aromatic carbocycles. The monoisotopic (exact) mass is 716 g/mol. The number of aromatic nitrogens is 2. The highest BCUT2D eigenvalue weighted by Gasteiger charge is 2.45. The summed E-state index contributed by atoms with van der Waals surface area (Å²) in [5.74, 6) is 3.44. The number of halogens is 3. The number of benzene rings is 2. The normalized spacial score (nSPS) is 19.9. The van der Waals surface area contributed by atoms with Crippen molar-refractivity contribution in [1.29, 1.82) is 0 Å². The molecule has 0 spiro atoms. The molecule has 52 heavy (non-hydrogen) atoms. The molecule has 4 aliphatic heterocycles. The van der Waals surface area contributed by atoms with Crippen LogP contribution in [0, 0.1) is 17.8 Å². The molecule has 7 rings (SSSR count). The van der Waals surface area contributed by atoms with Crippen LogP contribution in [0.15, 0.2) is 48.8 Å². The molecule has 4 aliphatic rings. The first-order valence-corrected chi connectivity index (χ1v) is 17.0. The summed E-state index contributed by atoms with van der Waals surface area (Å²) in [4.78, 5) is 66.6. The summed E-state index contributed by atoms with van der Waals surface area (Å²) in [6, 6.07) is 7.32. The lowest BCUT2D eigenvalue weighted by Crippen LogP contribution is -2.54. The van der Waals surface area contributed by atoms with Gasteiger partial charge in [-0.1, -0.05) is 11.8 Å². The summed E-state index contributed by atoms with van der Waals surface area (Å²) in [5, 5.41) is 9.40. The summed E-state index contributed by atoms with van der Waals surface area (Å²) in [6.45, 7) is 5.31. The number of hydrogen-bond acceptors (Lipinski definition) is 8. The minimum Gasteiger partial charge on any atom is -0.381 e. The molecular weight excluding hydrogens is 681 g/mol. The number of amides is 5. The highest BCUT2D eigenvalue weighted by Crippen LogP contribution is 2.38. The van der Waals surface area contributed by atoms with E-state index in [0.29, 0.717) is 56.0 Å². The van der Waals surface area contributed by atoms with Gasteiger partial charge in [0.25, 0.3) is 17.7 Å². The fourth-order valence-electron chi connectivity index (χ4n) is 6.89. The molecule has 1 aromatic heterocycles. The Kier molecular flexibility index (Phi) is 8.90. The van der Waals surface area contributed by atoms with Gasteiger partial charge in [-0.25, -0.2) is 0 Å². The maximum absolute atomic E-state index is 13.6. The molecular formula is C37H35F3N6O6. The number of imide groups is 2. The Hall–Kier alpha value is -5.49. The minimum atomic E-state index is -4.51. The molecule has 0 aliphatic carbocycles. The zero-order chi connectivity index (χ0) is 36.9. The number of fused-ring (bicyclic) bond motifs is 1. The van der Waals surface area contributed by atoms with Crippen molar-refractivity contribution in [2.75, 3.05) is 36.5 Å². The Morgan fingerprint density at radius 2 is 1.71 bits per heavy atom. The van der Waals surface area contributed by atoms with Gasteiger partial charge >= 0.3 is 6.18 Å². The highest BCUT2D eigenvalue weighted by atomic mass is 19.4. The number of alkyl halides is 3. The molecule has 1 unspecified atom stereocenters. The summed E-state index contributed by atoms with van der Waals surface area (Å²) in [5.41, 5.74) is 0.505. The lowest BCUT2D eigenvalue weighted by atomic mass is 9.89. The standard InChI is InChI=1S/C37H35F3N6O6/c1-36(2,35(51)42-29-8-5-24(37(38,39)40)15-27(29)23-11-13-52-14-12-23)45-20-21(17-41-45)3-4-22-18-44(19-22)25-6-7-26-28(16-25)34(50)46(33(26)49)30-9-10-31(47)43-32(30)48/h5-8,15-17,20,22-23,30H,9-14,18-19H2,1-2H3,(H,42,51)(H,43,47,48). The van der Waals surface area contributed by atoms with Gasteiger partial charge in [0, 0.05) is 50.3 Å². The second-order valence-electron chi connectivity index (χ2n) is 13.9. The van der Waals surface area contributed by atoms with Gasteiger partial charge in [-0.05, 0) is 81.0 Å². The van der Waals surface area contributed by atoms with Gasteiger partial charge in [0.2, 0.25) is 11.8 Å². The van der Waals surface area contributed by atoms with E-state index in [-0.39, 0.29) is 35.8 Å². The summed E-state index contributed by atoms with van der Waals surface area (Å²) in [7, 11) is 0. The van der Waals surface area contributed by atoms with Crippen LogP contribution >= 0.6 is 0 Å². The van der Waals surface area contributed by atoms with Crippen molar-refractivity contribution >= 4 is 40.9 Å². The molecule has 3 aromatic rings. The van der Waals surface area contributed by atoms with Crippen molar-refractivity contribution in [2.45, 2.75) is 63.2 Å². The average Bonchev–Trinajstić information content (AvgIpc) is 3.67. The van der Waals surface area contributed by atoms with Crippen LogP contribution in [-0.4, -0.2) is 76.6 Å². The van der Waals surface area contributed by atoms with Crippen LogP contribution in [-0.2, 0) is 30.8 Å². The van der Waals surface area contributed by atoms with Crippen LogP contribution in [0.25, 0.3) is 0 Å². The van der Waals surface area contributed by atoms with E-state index in [1.165, 1.54) is 10.7 Å². The quantitative estimate of drug-likeness (QED) is 0.288. The topological polar surface area (TPSA) is 143 Å². The van der Waals surface area contributed by atoms with Crippen LogP contribution in [0.2, 0.25) is 0 Å². The molecule has 0 radical (unpaired) electrons. The van der Waals surface area contributed by atoms with Gasteiger partial charge in [-0.2, -0.15) is 18.3 Å². The van der Waals surface area contributed by atoms with E-state index in [0.717, 1.165) is 22.7 Å². The predicted octanol–water partition coefficient (Wildman–Crippen LogP) is 4.06. The van der Waals surface area contributed by atoms with E-state index in [1.807, 2.05) is 4.90 Å². The number of nitrogens with one attached hydrogen (secondary N) is 2. The van der Waals surface area contributed by atoms with Crippen molar-refractivity contribution in [1.82, 2.24) is 20.0 Å². The van der Waals surface area contributed by atoms with Gasteiger partial charge < -0.3 is 15.0 Å². The number of carbonyl (C=O) groups excluding carboxylic acids is 5. The molecule has 2 N–H and O–H groups in total. The first-order valence-electron chi connectivity index (χ1n) is 17.0. The number of anilines is 2. The first-order chi connectivity index (χ1) is 24.7. The third-order valence-corrected chi connectivity index (χ3v) is 10.1. The van der Waals surface area contributed by atoms with Crippen molar-refractivity contribution in [3.63, 3.8) is 0 Å². The third-order valence-electron chi connectivity index (χ3n) is 10.1. The lowest BCUT2D eigenvalue weighted by Gasteiger charge is -2.38. The van der Waals surface area contributed by atoms with E-state index in [1.54, 1.807) is 44.4 Å². The van der Waals surface area contributed by atoms with E-state index >= 15 is 0 Å². The van der Waals surface area contributed by atoms with Crippen LogP contribution < -0.4 is 15.5 Å². The number of rotatable bonds is 6. The number of nitrogens with zero attached hydrogens (tertiary/aromatic N) is 4. The Bertz CT molecular complexity index is 2050. The van der Waals surface area contributed by atoms with E-state index in [2.05, 4.69) is 27.6 Å². The molecule has 1 atom stereocenters. The Morgan fingerprint density at radius 3 is 2.42 bits per heavy atom. The Morgan fingerprint density at radius 1 is 0.981 bits per heavy atom. The van der Waals surface area contributed by atoms with Crippen LogP contribution in [0.4, 0.5) is 24.5 Å². The maximum Gasteiger partial charge on any atom is 0.416 e. The number of hydrogen-bond donors (Lipinski definition) is 2. The molecule has 15 heteroatoms. The molecule has 12 nitrogen and oxygen atoms in total. The molecule has 5 amide bonds. The fourth-order valence-corrected chi connectivity index (χ4v) is 6.89. The minimum absolute atomic E-state index is 0.00602. The smallest absolute Gasteiger partial charge is 0.381 e. The molecule has 3 saturated heterocycles. The van der Waals surface area contributed by atoms with E-state index in [4.69, 9.17) is 4.74 Å². The van der Waals surface area contributed by atoms with E-state index < -0.39 is 52.9 Å². The number of carbonyl (C=O) groups is 5. The lowest BCUT2D eigenvalue weighted by molar-refractivity contribution is -0.138. The largest absolute Gasteiger partial charge is 0.416 e. The van der Waals surface area contributed by atoms with Crippen LogP contribution in [0.5, 0.6) is 0 Å². The van der Waals surface area contributed by atoms with Gasteiger partial charge in [-0.3, -0.25) is 38.9 Å². The summed E-state index contributed by atoms with van der Waals surface area (Å²) >= 11 is 0. The second kappa shape index (κ2) is 13.2. The Balaban J connectivity index is 0.985. The zero-order valence-electron chi connectivity index (χ0n) is 28.4. The fraction of sp³-hybridized carbons (Fsp3) is 0.405. The molecule has 0 bridgehead atoms. The van der Waals surface area contributed by atoms with Gasteiger partial charge in [0.05, 0.1) is 34.4 Å². The first kappa shape index (κ1) is 34.9. The number of ether oxygens (including phenoxy) is 1. The predicted molar refractivity (Wildman–Crippen MR) is 180 cm³/mol. The summed E-state index contributed by atoms with van der Waals surface area (Å²) in [6.07, 6.45) is -0.102. The molecule has 0 saturated carbocycles. The zero-order valence-corrected chi connectivity index (χ0v) is 28.4. The third kappa shape index (κ3) is 6.54.